The van der Waals surface area contributed by atoms with Crippen LogP contribution < -0.4 is 0 Å². The maximum Gasteiger partial charge on any atom is 0.176 e. The predicted molar refractivity (Wildman–Crippen MR) is 82.0 cm³/mol. The van der Waals surface area contributed by atoms with Crippen molar-refractivity contribution in [2.75, 3.05) is 19.6 Å². The first-order valence-electron chi connectivity index (χ1n) is 8.08. The first-order valence-corrected chi connectivity index (χ1v) is 8.08. The van der Waals surface area contributed by atoms with Crippen LogP contribution in [0.15, 0.2) is 30.3 Å². The van der Waals surface area contributed by atoms with Crippen molar-refractivity contribution >= 4 is 5.78 Å². The van der Waals surface area contributed by atoms with E-state index in [-0.39, 0.29) is 5.78 Å². The molecule has 3 rings (SSSR count). The van der Waals surface area contributed by atoms with Gasteiger partial charge in [0.1, 0.15) is 0 Å². The van der Waals surface area contributed by atoms with Crippen LogP contribution >= 0.6 is 0 Å². The lowest BCUT2D eigenvalue weighted by Gasteiger charge is -2.44. The summed E-state index contributed by atoms with van der Waals surface area (Å²) in [5.74, 6) is 0.269. The highest BCUT2D eigenvalue weighted by molar-refractivity contribution is 5.97. The predicted octanol–water partition coefficient (Wildman–Crippen LogP) is 3.92. The maximum absolute atomic E-state index is 12.2. The number of piperidine rings is 1. The number of hydrogen-bond donors (Lipinski definition) is 0. The number of ketones is 1. The molecule has 0 bridgehead atoms. The van der Waals surface area contributed by atoms with Gasteiger partial charge in [-0.1, -0.05) is 49.6 Å². The zero-order valence-electron chi connectivity index (χ0n) is 12.3. The van der Waals surface area contributed by atoms with Crippen LogP contribution in [0.3, 0.4) is 0 Å². The number of carbonyl (C=O) groups excluding carboxylic acids is 1. The third kappa shape index (κ3) is 3.12. The smallest absolute Gasteiger partial charge is 0.176 e. The molecule has 1 heterocycles. The van der Waals surface area contributed by atoms with Crippen molar-refractivity contribution in [3.8, 4) is 0 Å². The van der Waals surface area contributed by atoms with E-state index in [1.807, 2.05) is 30.3 Å². The normalized spacial score (nSPS) is 22.8. The Morgan fingerprint density at radius 3 is 2.25 bits per heavy atom. The molecule has 1 aromatic rings. The minimum Gasteiger partial charge on any atom is -0.296 e. The Morgan fingerprint density at radius 1 is 0.950 bits per heavy atom. The second-order valence-corrected chi connectivity index (χ2v) is 6.63. The van der Waals surface area contributed by atoms with Gasteiger partial charge in [0.05, 0.1) is 6.54 Å². The van der Waals surface area contributed by atoms with Crippen LogP contribution in [0.1, 0.15) is 55.3 Å². The average Bonchev–Trinajstić information content (AvgIpc) is 2.52. The second kappa shape index (κ2) is 6.09. The van der Waals surface area contributed by atoms with Gasteiger partial charge in [-0.15, -0.1) is 0 Å². The number of nitrogens with zero attached hydrogens (tertiary/aromatic N) is 1. The lowest BCUT2D eigenvalue weighted by molar-refractivity contribution is 0.0611. The van der Waals surface area contributed by atoms with Crippen molar-refractivity contribution in [3.05, 3.63) is 35.9 Å². The Balaban J connectivity index is 1.52. The molecule has 0 amide bonds. The number of rotatable bonds is 3. The van der Waals surface area contributed by atoms with Crippen molar-refractivity contribution in [2.24, 2.45) is 5.41 Å². The van der Waals surface area contributed by atoms with E-state index < -0.39 is 0 Å². The van der Waals surface area contributed by atoms with Crippen LogP contribution in [0, 0.1) is 5.41 Å². The van der Waals surface area contributed by atoms with Crippen molar-refractivity contribution < 1.29 is 4.79 Å². The molecule has 2 nitrogen and oxygen atoms in total. The van der Waals surface area contributed by atoms with E-state index in [0.29, 0.717) is 12.0 Å². The van der Waals surface area contributed by atoms with Gasteiger partial charge in [0.15, 0.2) is 5.78 Å². The van der Waals surface area contributed by atoms with Crippen molar-refractivity contribution in [3.63, 3.8) is 0 Å². The Bertz CT molecular complexity index is 438. The number of hydrogen-bond acceptors (Lipinski definition) is 2. The number of carbonyl (C=O) groups is 1. The van der Waals surface area contributed by atoms with Crippen LogP contribution in [0.4, 0.5) is 0 Å². The summed E-state index contributed by atoms with van der Waals surface area (Å²) in [5.41, 5.74) is 1.48. The molecule has 1 saturated heterocycles. The molecular weight excluding hydrogens is 246 g/mol. The highest BCUT2D eigenvalue weighted by Crippen LogP contribution is 2.44. The lowest BCUT2D eigenvalue weighted by Crippen LogP contribution is -2.43. The van der Waals surface area contributed by atoms with Crippen LogP contribution in [0.2, 0.25) is 0 Å². The minimum absolute atomic E-state index is 0.269. The molecule has 2 fully saturated rings. The van der Waals surface area contributed by atoms with E-state index in [9.17, 15) is 4.79 Å². The van der Waals surface area contributed by atoms with Gasteiger partial charge in [-0.2, -0.15) is 0 Å². The molecule has 1 aromatic carbocycles. The van der Waals surface area contributed by atoms with E-state index in [0.717, 1.165) is 18.7 Å². The summed E-state index contributed by atoms with van der Waals surface area (Å²) in [7, 11) is 0. The van der Waals surface area contributed by atoms with E-state index in [1.165, 1.54) is 44.9 Å². The molecule has 0 N–H and O–H groups in total. The van der Waals surface area contributed by atoms with Gasteiger partial charge in [0.25, 0.3) is 0 Å². The van der Waals surface area contributed by atoms with Gasteiger partial charge in [0, 0.05) is 5.56 Å². The minimum atomic E-state index is 0.269. The van der Waals surface area contributed by atoms with Crippen LogP contribution in [-0.2, 0) is 0 Å². The second-order valence-electron chi connectivity index (χ2n) is 6.63. The fourth-order valence-electron chi connectivity index (χ4n) is 3.91. The quantitative estimate of drug-likeness (QED) is 0.777. The van der Waals surface area contributed by atoms with Crippen molar-refractivity contribution in [1.82, 2.24) is 4.90 Å². The monoisotopic (exact) mass is 271 g/mol. The van der Waals surface area contributed by atoms with E-state index in [2.05, 4.69) is 4.90 Å². The summed E-state index contributed by atoms with van der Waals surface area (Å²) >= 11 is 0. The maximum atomic E-state index is 12.2. The van der Waals surface area contributed by atoms with E-state index in [1.54, 1.807) is 0 Å². The molecule has 20 heavy (non-hydrogen) atoms. The fraction of sp³-hybridized carbons (Fsp3) is 0.611. The van der Waals surface area contributed by atoms with Gasteiger partial charge >= 0.3 is 0 Å². The molecule has 0 aromatic heterocycles. The number of benzene rings is 1. The SMILES string of the molecule is O=C(CN1CCC2(CCCCC2)CC1)c1ccccc1. The van der Waals surface area contributed by atoms with Crippen LogP contribution in [-0.4, -0.2) is 30.3 Å². The van der Waals surface area contributed by atoms with Gasteiger partial charge < -0.3 is 0 Å². The van der Waals surface area contributed by atoms with Gasteiger partial charge in [0.2, 0.25) is 0 Å². The molecule has 1 aliphatic heterocycles. The Kier molecular flexibility index (Phi) is 4.21. The molecule has 1 saturated carbocycles. The van der Waals surface area contributed by atoms with Crippen molar-refractivity contribution in [1.29, 1.82) is 0 Å². The lowest BCUT2D eigenvalue weighted by atomic mass is 9.68. The van der Waals surface area contributed by atoms with E-state index >= 15 is 0 Å². The molecule has 1 aliphatic carbocycles. The summed E-state index contributed by atoms with van der Waals surface area (Å²) in [4.78, 5) is 14.6. The van der Waals surface area contributed by atoms with Crippen LogP contribution in [0.25, 0.3) is 0 Å². The molecule has 0 unspecified atom stereocenters. The summed E-state index contributed by atoms with van der Waals surface area (Å²) in [5, 5.41) is 0. The standard InChI is InChI=1S/C18H25NO/c20-17(16-7-3-1-4-8-16)15-19-13-11-18(12-14-19)9-5-2-6-10-18/h1,3-4,7-8H,2,5-6,9-15H2. The molecular formula is C18H25NO. The first kappa shape index (κ1) is 13.8. The molecule has 2 aliphatic rings. The van der Waals surface area contributed by atoms with Crippen LogP contribution in [0.5, 0.6) is 0 Å². The highest BCUT2D eigenvalue weighted by Gasteiger charge is 2.35. The zero-order valence-corrected chi connectivity index (χ0v) is 12.3. The van der Waals surface area contributed by atoms with Gasteiger partial charge in [-0.25, -0.2) is 0 Å². The molecule has 0 radical (unpaired) electrons. The number of likely N-dealkylation sites (tertiary alicyclic amines) is 1. The highest BCUT2D eigenvalue weighted by atomic mass is 16.1. The molecule has 1 spiro atoms. The fourth-order valence-corrected chi connectivity index (χ4v) is 3.91. The summed E-state index contributed by atoms with van der Waals surface area (Å²) in [6, 6.07) is 9.70. The third-order valence-corrected chi connectivity index (χ3v) is 5.29. The third-order valence-electron chi connectivity index (χ3n) is 5.29. The Morgan fingerprint density at radius 2 is 1.60 bits per heavy atom. The first-order chi connectivity index (χ1) is 9.77. The van der Waals surface area contributed by atoms with E-state index in [4.69, 9.17) is 0 Å². The Hall–Kier alpha value is -1.15. The summed E-state index contributed by atoms with van der Waals surface area (Å²) < 4.78 is 0. The zero-order chi connectivity index (χ0) is 13.8. The molecule has 108 valence electrons. The largest absolute Gasteiger partial charge is 0.296 e. The Labute approximate surface area is 122 Å². The average molecular weight is 271 g/mol. The topological polar surface area (TPSA) is 20.3 Å². The summed E-state index contributed by atoms with van der Waals surface area (Å²) in [6.45, 7) is 2.82. The van der Waals surface area contributed by atoms with Crippen molar-refractivity contribution in [2.45, 2.75) is 44.9 Å². The van der Waals surface area contributed by atoms with Gasteiger partial charge in [-0.05, 0) is 44.2 Å². The molecule has 2 heteroatoms. The number of Topliss-reactive ketones (excluding diaryl/α,β-unsaturated/α-hetero) is 1. The summed E-state index contributed by atoms with van der Waals surface area (Å²) in [6.07, 6.45) is 9.72. The molecule has 0 atom stereocenters. The van der Waals surface area contributed by atoms with Gasteiger partial charge in [-0.3, -0.25) is 9.69 Å².